The van der Waals surface area contributed by atoms with Gasteiger partial charge in [0.05, 0.1) is 17.2 Å². The molecule has 0 unspecified atom stereocenters. The molecular formula is C15H12N4O2. The second-order valence-corrected chi connectivity index (χ2v) is 4.39. The molecule has 1 heterocycles. The molecule has 0 aliphatic heterocycles. The molecule has 0 aliphatic carbocycles. The van der Waals surface area contributed by atoms with Crippen molar-refractivity contribution in [3.63, 3.8) is 0 Å². The van der Waals surface area contributed by atoms with E-state index in [9.17, 15) is 9.90 Å². The van der Waals surface area contributed by atoms with Gasteiger partial charge in [0.15, 0.2) is 0 Å². The van der Waals surface area contributed by atoms with Crippen molar-refractivity contribution < 1.29 is 5.11 Å². The van der Waals surface area contributed by atoms with Crippen LogP contribution in [0.2, 0.25) is 0 Å². The Kier molecular flexibility index (Phi) is 3.34. The number of aromatic hydroxyl groups is 1. The number of nitrogens with zero attached hydrogens (tertiary/aromatic N) is 2. The van der Waals surface area contributed by atoms with Crippen LogP contribution in [-0.4, -0.2) is 21.3 Å². The smallest absolute Gasteiger partial charge is 0.293 e. The number of rotatable bonds is 3. The number of hydrogen-bond acceptors (Lipinski definition) is 5. The second kappa shape index (κ2) is 5.46. The van der Waals surface area contributed by atoms with Gasteiger partial charge >= 0.3 is 0 Å². The van der Waals surface area contributed by atoms with Crippen LogP contribution in [0.1, 0.15) is 5.56 Å². The summed E-state index contributed by atoms with van der Waals surface area (Å²) in [7, 11) is 0. The molecule has 0 saturated heterocycles. The lowest BCUT2D eigenvalue weighted by atomic mass is 10.2. The lowest BCUT2D eigenvalue weighted by molar-refractivity contribution is 0.475. The van der Waals surface area contributed by atoms with Crippen molar-refractivity contribution >= 4 is 23.1 Å². The van der Waals surface area contributed by atoms with Gasteiger partial charge in [0.25, 0.3) is 5.56 Å². The summed E-state index contributed by atoms with van der Waals surface area (Å²) >= 11 is 0. The molecule has 3 rings (SSSR count). The van der Waals surface area contributed by atoms with Gasteiger partial charge in [-0.25, -0.2) is 4.98 Å². The van der Waals surface area contributed by atoms with Gasteiger partial charge in [0.2, 0.25) is 5.82 Å². The molecular weight excluding hydrogens is 268 g/mol. The molecule has 21 heavy (non-hydrogen) atoms. The molecule has 0 aliphatic rings. The summed E-state index contributed by atoms with van der Waals surface area (Å²) in [4.78, 5) is 18.8. The summed E-state index contributed by atoms with van der Waals surface area (Å²) in [5, 5.41) is 13.2. The van der Waals surface area contributed by atoms with E-state index in [-0.39, 0.29) is 17.1 Å². The van der Waals surface area contributed by atoms with Crippen LogP contribution >= 0.6 is 0 Å². The first kappa shape index (κ1) is 12.9. The van der Waals surface area contributed by atoms with Crippen molar-refractivity contribution in [2.24, 2.45) is 5.10 Å². The summed E-state index contributed by atoms with van der Waals surface area (Å²) in [6.07, 6.45) is 1.54. The van der Waals surface area contributed by atoms with Crippen molar-refractivity contribution in [2.75, 3.05) is 5.43 Å². The Labute approximate surface area is 119 Å². The van der Waals surface area contributed by atoms with Gasteiger partial charge in [-0.2, -0.15) is 5.10 Å². The van der Waals surface area contributed by atoms with E-state index in [1.54, 1.807) is 36.4 Å². The Morgan fingerprint density at radius 1 is 1.14 bits per heavy atom. The van der Waals surface area contributed by atoms with Gasteiger partial charge in [-0.1, -0.05) is 12.1 Å². The Balaban J connectivity index is 1.83. The summed E-state index contributed by atoms with van der Waals surface area (Å²) < 4.78 is 0. The third-order valence-electron chi connectivity index (χ3n) is 2.88. The summed E-state index contributed by atoms with van der Waals surface area (Å²) in [6, 6.07) is 13.8. The van der Waals surface area contributed by atoms with Crippen LogP contribution in [0.3, 0.4) is 0 Å². The third-order valence-corrected chi connectivity index (χ3v) is 2.88. The molecule has 2 aromatic carbocycles. The fourth-order valence-electron chi connectivity index (χ4n) is 1.83. The molecule has 0 spiro atoms. The lowest BCUT2D eigenvalue weighted by Crippen LogP contribution is -2.13. The topological polar surface area (TPSA) is 90.4 Å². The normalized spacial score (nSPS) is 11.0. The zero-order chi connectivity index (χ0) is 14.7. The SMILES string of the molecule is O=c1[nH]c2ccccc2nc1NN=Cc1ccc(O)cc1. The van der Waals surface area contributed by atoms with Crippen molar-refractivity contribution in [1.82, 2.24) is 9.97 Å². The monoisotopic (exact) mass is 280 g/mol. The summed E-state index contributed by atoms with van der Waals surface area (Å²) in [5.41, 5.74) is 4.43. The second-order valence-electron chi connectivity index (χ2n) is 4.39. The van der Waals surface area contributed by atoms with Gasteiger partial charge in [0.1, 0.15) is 5.75 Å². The number of phenolic OH excluding ortho intramolecular Hbond substituents is 1. The number of aromatic amines is 1. The fraction of sp³-hybridized carbons (Fsp3) is 0. The first-order valence-electron chi connectivity index (χ1n) is 6.29. The zero-order valence-electron chi connectivity index (χ0n) is 10.9. The third kappa shape index (κ3) is 2.89. The molecule has 0 amide bonds. The minimum atomic E-state index is -0.337. The van der Waals surface area contributed by atoms with E-state index in [0.29, 0.717) is 11.0 Å². The average Bonchev–Trinajstić information content (AvgIpc) is 2.50. The molecule has 104 valence electrons. The van der Waals surface area contributed by atoms with E-state index in [2.05, 4.69) is 20.5 Å². The Hall–Kier alpha value is -3.15. The van der Waals surface area contributed by atoms with Crippen LogP contribution in [0.4, 0.5) is 5.82 Å². The molecule has 0 bridgehead atoms. The van der Waals surface area contributed by atoms with Crippen molar-refractivity contribution in [3.8, 4) is 5.75 Å². The summed E-state index contributed by atoms with van der Waals surface area (Å²) in [6.45, 7) is 0. The van der Waals surface area contributed by atoms with Gasteiger partial charge in [-0.05, 0) is 42.0 Å². The number of para-hydroxylation sites is 2. The lowest BCUT2D eigenvalue weighted by Gasteiger charge is -2.01. The number of anilines is 1. The minimum absolute atomic E-state index is 0.128. The molecule has 0 radical (unpaired) electrons. The van der Waals surface area contributed by atoms with Gasteiger partial charge < -0.3 is 10.1 Å². The molecule has 0 atom stereocenters. The van der Waals surface area contributed by atoms with E-state index < -0.39 is 0 Å². The average molecular weight is 280 g/mol. The van der Waals surface area contributed by atoms with Gasteiger partial charge in [-0.3, -0.25) is 10.2 Å². The number of hydrazone groups is 1. The van der Waals surface area contributed by atoms with Crippen molar-refractivity contribution in [1.29, 1.82) is 0 Å². The van der Waals surface area contributed by atoms with Crippen molar-refractivity contribution in [2.45, 2.75) is 0 Å². The first-order valence-corrected chi connectivity index (χ1v) is 6.29. The minimum Gasteiger partial charge on any atom is -0.508 e. The van der Waals surface area contributed by atoms with Crippen LogP contribution in [0.15, 0.2) is 58.4 Å². The molecule has 0 fully saturated rings. The zero-order valence-corrected chi connectivity index (χ0v) is 10.9. The standard InChI is InChI=1S/C15H12N4O2/c20-11-7-5-10(6-8-11)9-16-19-14-15(21)18-13-4-2-1-3-12(13)17-14/h1-9,20H,(H,17,19)(H,18,21). The van der Waals surface area contributed by atoms with Crippen molar-refractivity contribution in [3.05, 3.63) is 64.4 Å². The van der Waals surface area contributed by atoms with E-state index in [1.807, 2.05) is 12.1 Å². The van der Waals surface area contributed by atoms with E-state index in [0.717, 1.165) is 5.56 Å². The summed E-state index contributed by atoms with van der Waals surface area (Å²) in [5.74, 6) is 0.316. The van der Waals surface area contributed by atoms with E-state index in [4.69, 9.17) is 0 Å². The predicted molar refractivity (Wildman–Crippen MR) is 81.7 cm³/mol. The number of aromatic nitrogens is 2. The maximum Gasteiger partial charge on any atom is 0.293 e. The molecule has 3 N–H and O–H groups in total. The number of fused-ring (bicyclic) bond motifs is 1. The molecule has 6 heteroatoms. The Morgan fingerprint density at radius 3 is 2.71 bits per heavy atom. The van der Waals surface area contributed by atoms with Crippen LogP contribution < -0.4 is 11.0 Å². The van der Waals surface area contributed by atoms with Crippen LogP contribution in [0.5, 0.6) is 5.75 Å². The van der Waals surface area contributed by atoms with Crippen LogP contribution in [-0.2, 0) is 0 Å². The van der Waals surface area contributed by atoms with Crippen LogP contribution in [0, 0.1) is 0 Å². The highest BCUT2D eigenvalue weighted by molar-refractivity contribution is 5.80. The van der Waals surface area contributed by atoms with E-state index in [1.165, 1.54) is 6.21 Å². The molecule has 1 aromatic heterocycles. The fourth-order valence-corrected chi connectivity index (χ4v) is 1.83. The van der Waals surface area contributed by atoms with Gasteiger partial charge in [-0.15, -0.1) is 0 Å². The maximum absolute atomic E-state index is 11.8. The highest BCUT2D eigenvalue weighted by Crippen LogP contribution is 2.09. The van der Waals surface area contributed by atoms with Gasteiger partial charge in [0, 0.05) is 0 Å². The maximum atomic E-state index is 11.8. The number of H-pyrrole nitrogens is 1. The van der Waals surface area contributed by atoms with E-state index >= 15 is 0 Å². The van der Waals surface area contributed by atoms with Crippen LogP contribution in [0.25, 0.3) is 11.0 Å². The molecule has 0 saturated carbocycles. The number of phenols is 1. The Morgan fingerprint density at radius 2 is 1.90 bits per heavy atom. The molecule has 6 nitrogen and oxygen atoms in total. The highest BCUT2D eigenvalue weighted by Gasteiger charge is 2.02. The molecule has 3 aromatic rings. The highest BCUT2D eigenvalue weighted by atomic mass is 16.3. The first-order chi connectivity index (χ1) is 10.2. The predicted octanol–water partition coefficient (Wildman–Crippen LogP) is 2.07. The number of nitrogens with one attached hydrogen (secondary N) is 2. The largest absolute Gasteiger partial charge is 0.508 e. The number of benzene rings is 2. The quantitative estimate of drug-likeness (QED) is 0.506. The Bertz CT molecular complexity index is 853. The number of hydrogen-bond donors (Lipinski definition) is 3.